The van der Waals surface area contributed by atoms with Crippen molar-refractivity contribution < 1.29 is 9.53 Å². The second kappa shape index (κ2) is 5.93. The monoisotopic (exact) mass is 294 g/mol. The molecule has 1 N–H and O–H groups in total. The predicted molar refractivity (Wildman–Crippen MR) is 87.1 cm³/mol. The molecule has 1 heterocycles. The van der Waals surface area contributed by atoms with Gasteiger partial charge >= 0.3 is 0 Å². The van der Waals surface area contributed by atoms with Crippen molar-refractivity contribution in [1.29, 1.82) is 0 Å². The average molecular weight is 294 g/mol. The summed E-state index contributed by atoms with van der Waals surface area (Å²) in [7, 11) is 3.58. The third kappa shape index (κ3) is 2.68. The maximum Gasteiger partial charge on any atom is 0.253 e. The van der Waals surface area contributed by atoms with Gasteiger partial charge in [0.25, 0.3) is 5.91 Å². The van der Waals surface area contributed by atoms with Crippen molar-refractivity contribution in [3.8, 4) is 5.75 Å². The summed E-state index contributed by atoms with van der Waals surface area (Å²) >= 11 is 0. The van der Waals surface area contributed by atoms with E-state index in [9.17, 15) is 4.79 Å². The zero-order valence-corrected chi connectivity index (χ0v) is 12.7. The molecule has 4 nitrogen and oxygen atoms in total. The van der Waals surface area contributed by atoms with Gasteiger partial charge in [-0.15, -0.1) is 0 Å². The molecule has 0 aliphatic rings. The molecule has 0 radical (unpaired) electrons. The van der Waals surface area contributed by atoms with Crippen molar-refractivity contribution in [2.24, 2.45) is 7.05 Å². The Morgan fingerprint density at radius 2 is 1.86 bits per heavy atom. The molecular weight excluding hydrogens is 276 g/mol. The summed E-state index contributed by atoms with van der Waals surface area (Å²) in [6, 6.07) is 15.6. The number of para-hydroxylation sites is 1. The highest BCUT2D eigenvalue weighted by Gasteiger charge is 2.13. The van der Waals surface area contributed by atoms with Crippen molar-refractivity contribution in [1.82, 2.24) is 9.88 Å². The van der Waals surface area contributed by atoms with Crippen molar-refractivity contribution in [3.05, 3.63) is 65.9 Å². The number of fused-ring (bicyclic) bond motifs is 1. The predicted octanol–water partition coefficient (Wildman–Crippen LogP) is 3.12. The molecule has 0 aliphatic carbocycles. The first-order chi connectivity index (χ1) is 10.7. The number of hydrogen-bond acceptors (Lipinski definition) is 2. The molecule has 1 amide bonds. The maximum absolute atomic E-state index is 12.4. The standard InChI is InChI=1S/C18H18N2O2/c1-20-12-16(15-5-3-4-6-17(15)20)18(21)19-11-13-7-9-14(22-2)10-8-13/h3-10,12H,11H2,1-2H3,(H,19,21). The van der Waals surface area contributed by atoms with Crippen LogP contribution >= 0.6 is 0 Å². The first-order valence-corrected chi connectivity index (χ1v) is 7.14. The van der Waals surface area contributed by atoms with E-state index in [1.54, 1.807) is 7.11 Å². The van der Waals surface area contributed by atoms with E-state index in [0.29, 0.717) is 12.1 Å². The summed E-state index contributed by atoms with van der Waals surface area (Å²) in [6.07, 6.45) is 1.87. The second-order valence-corrected chi connectivity index (χ2v) is 5.20. The zero-order chi connectivity index (χ0) is 15.5. The van der Waals surface area contributed by atoms with Crippen molar-refractivity contribution >= 4 is 16.8 Å². The Labute approximate surface area is 129 Å². The van der Waals surface area contributed by atoms with Gasteiger partial charge in [0, 0.05) is 30.7 Å². The van der Waals surface area contributed by atoms with Gasteiger partial charge in [-0.1, -0.05) is 30.3 Å². The van der Waals surface area contributed by atoms with Crippen molar-refractivity contribution in [2.45, 2.75) is 6.54 Å². The SMILES string of the molecule is COc1ccc(CNC(=O)c2cn(C)c3ccccc23)cc1. The first kappa shape index (κ1) is 14.2. The fourth-order valence-electron chi connectivity index (χ4n) is 2.54. The Kier molecular flexibility index (Phi) is 3.83. The summed E-state index contributed by atoms with van der Waals surface area (Å²) in [4.78, 5) is 12.4. The van der Waals surface area contributed by atoms with E-state index >= 15 is 0 Å². The fraction of sp³-hybridized carbons (Fsp3) is 0.167. The molecule has 22 heavy (non-hydrogen) atoms. The summed E-state index contributed by atoms with van der Waals surface area (Å²) in [5.74, 6) is 0.747. The van der Waals surface area contributed by atoms with Crippen LogP contribution in [0.3, 0.4) is 0 Å². The van der Waals surface area contributed by atoms with E-state index in [2.05, 4.69) is 5.32 Å². The molecule has 0 fully saturated rings. The average Bonchev–Trinajstić information content (AvgIpc) is 2.91. The molecule has 0 saturated heterocycles. The Hall–Kier alpha value is -2.75. The van der Waals surface area contributed by atoms with Crippen LogP contribution in [-0.4, -0.2) is 17.6 Å². The Morgan fingerprint density at radius 1 is 1.14 bits per heavy atom. The van der Waals surface area contributed by atoms with E-state index in [4.69, 9.17) is 4.74 Å². The lowest BCUT2D eigenvalue weighted by Crippen LogP contribution is -2.22. The lowest BCUT2D eigenvalue weighted by molar-refractivity contribution is 0.0952. The van der Waals surface area contributed by atoms with Crippen LogP contribution in [-0.2, 0) is 13.6 Å². The molecule has 0 saturated carbocycles. The van der Waals surface area contributed by atoms with Gasteiger partial charge in [0.15, 0.2) is 0 Å². The molecule has 3 rings (SSSR count). The van der Waals surface area contributed by atoms with Gasteiger partial charge in [0.1, 0.15) is 5.75 Å². The van der Waals surface area contributed by atoms with E-state index < -0.39 is 0 Å². The maximum atomic E-state index is 12.4. The smallest absolute Gasteiger partial charge is 0.253 e. The van der Waals surface area contributed by atoms with E-state index in [0.717, 1.165) is 22.2 Å². The molecule has 112 valence electrons. The first-order valence-electron chi connectivity index (χ1n) is 7.14. The molecule has 0 aliphatic heterocycles. The Bertz CT molecular complexity index is 804. The van der Waals surface area contributed by atoms with Gasteiger partial charge in [-0.05, 0) is 23.8 Å². The van der Waals surface area contributed by atoms with Crippen LogP contribution in [0.4, 0.5) is 0 Å². The Balaban J connectivity index is 1.75. The van der Waals surface area contributed by atoms with Gasteiger partial charge in [-0.25, -0.2) is 0 Å². The van der Waals surface area contributed by atoms with Crippen molar-refractivity contribution in [2.75, 3.05) is 7.11 Å². The van der Waals surface area contributed by atoms with Crippen LogP contribution in [0.15, 0.2) is 54.7 Å². The number of amides is 1. The lowest BCUT2D eigenvalue weighted by Gasteiger charge is -2.06. The number of ether oxygens (including phenoxy) is 1. The molecule has 0 unspecified atom stereocenters. The van der Waals surface area contributed by atoms with Gasteiger partial charge < -0.3 is 14.6 Å². The summed E-state index contributed by atoms with van der Waals surface area (Å²) < 4.78 is 7.09. The number of rotatable bonds is 4. The number of nitrogens with one attached hydrogen (secondary N) is 1. The third-order valence-corrected chi connectivity index (χ3v) is 3.75. The number of carbonyl (C=O) groups is 1. The van der Waals surface area contributed by atoms with Crippen LogP contribution in [0.25, 0.3) is 10.9 Å². The van der Waals surface area contributed by atoms with Crippen LogP contribution in [0.1, 0.15) is 15.9 Å². The molecule has 4 heteroatoms. The van der Waals surface area contributed by atoms with Crippen molar-refractivity contribution in [3.63, 3.8) is 0 Å². The largest absolute Gasteiger partial charge is 0.497 e. The van der Waals surface area contributed by atoms with Gasteiger partial charge in [-0.3, -0.25) is 4.79 Å². The highest BCUT2D eigenvalue weighted by atomic mass is 16.5. The normalized spacial score (nSPS) is 10.6. The van der Waals surface area contributed by atoms with Crippen LogP contribution in [0.2, 0.25) is 0 Å². The van der Waals surface area contributed by atoms with Gasteiger partial charge in [0.2, 0.25) is 0 Å². The minimum Gasteiger partial charge on any atom is -0.497 e. The molecule has 1 aromatic heterocycles. The fourth-order valence-corrected chi connectivity index (χ4v) is 2.54. The number of aryl methyl sites for hydroxylation is 1. The quantitative estimate of drug-likeness (QED) is 0.803. The number of hydrogen-bond donors (Lipinski definition) is 1. The van der Waals surface area contributed by atoms with E-state index in [1.165, 1.54) is 0 Å². The van der Waals surface area contributed by atoms with E-state index in [1.807, 2.05) is 66.3 Å². The second-order valence-electron chi connectivity index (χ2n) is 5.20. The molecule has 0 atom stereocenters. The summed E-state index contributed by atoms with van der Waals surface area (Å²) in [6.45, 7) is 0.492. The van der Waals surface area contributed by atoms with Crippen LogP contribution in [0, 0.1) is 0 Å². The minimum absolute atomic E-state index is 0.0624. The number of aromatic nitrogens is 1. The zero-order valence-electron chi connectivity index (χ0n) is 12.7. The topological polar surface area (TPSA) is 43.3 Å². The Morgan fingerprint density at radius 3 is 2.59 bits per heavy atom. The molecule has 0 spiro atoms. The van der Waals surface area contributed by atoms with Crippen LogP contribution < -0.4 is 10.1 Å². The molecular formula is C18H18N2O2. The minimum atomic E-state index is -0.0624. The summed E-state index contributed by atoms with van der Waals surface area (Å²) in [5, 5.41) is 3.93. The number of carbonyl (C=O) groups excluding carboxylic acids is 1. The molecule has 3 aromatic rings. The molecule has 0 bridgehead atoms. The highest BCUT2D eigenvalue weighted by molar-refractivity contribution is 6.06. The molecule has 2 aromatic carbocycles. The van der Waals surface area contributed by atoms with Gasteiger partial charge in [-0.2, -0.15) is 0 Å². The number of benzene rings is 2. The lowest BCUT2D eigenvalue weighted by atomic mass is 10.1. The highest BCUT2D eigenvalue weighted by Crippen LogP contribution is 2.20. The van der Waals surface area contributed by atoms with Crippen LogP contribution in [0.5, 0.6) is 5.75 Å². The number of methoxy groups -OCH3 is 1. The van der Waals surface area contributed by atoms with Gasteiger partial charge in [0.05, 0.1) is 12.7 Å². The summed E-state index contributed by atoms with van der Waals surface area (Å²) in [5.41, 5.74) is 2.79. The van der Waals surface area contributed by atoms with E-state index in [-0.39, 0.29) is 5.91 Å². The number of nitrogens with zero attached hydrogens (tertiary/aromatic N) is 1. The third-order valence-electron chi connectivity index (χ3n) is 3.75.